The molecule has 2 unspecified atom stereocenters. The Balaban J connectivity index is 4.31. The molecular formula is C48H84NO8P. The van der Waals surface area contributed by atoms with Crippen LogP contribution in [0.4, 0.5) is 0 Å². The highest BCUT2D eigenvalue weighted by atomic mass is 31.2. The number of rotatable bonds is 42. The lowest BCUT2D eigenvalue weighted by Crippen LogP contribution is -2.29. The molecule has 2 atom stereocenters. The van der Waals surface area contributed by atoms with Crippen LogP contribution in [0.2, 0.25) is 0 Å². The van der Waals surface area contributed by atoms with Crippen molar-refractivity contribution in [2.75, 3.05) is 33.4 Å². The van der Waals surface area contributed by atoms with Crippen molar-refractivity contribution in [3.63, 3.8) is 0 Å². The molecule has 0 aromatic rings. The van der Waals surface area contributed by atoms with E-state index in [4.69, 9.17) is 18.5 Å². The van der Waals surface area contributed by atoms with Gasteiger partial charge in [0.1, 0.15) is 6.61 Å². The standard InChI is InChI=1S/C48H84NO8P/c1-4-6-8-10-12-14-16-18-20-22-23-25-27-29-31-33-35-37-39-41-48(51)57-46(45-56-58(52,53)55-43-42-49-3)44-54-47(50)40-38-36-34-32-30-28-26-24-21-19-17-15-13-11-9-7-5-2/h6,8,12,14,18,20,23,25,29,31,35,37,46,49H,4-5,7,9-11,13,15-17,19,21-22,24,26-28,30,32-34,36,38-45H2,1-3H3,(H,52,53)/b8-6-,14-12-,20-18-,25-23-,31-29-,37-35-. The maximum absolute atomic E-state index is 12.6. The number of phosphoric acid groups is 1. The number of ether oxygens (including phenoxy) is 2. The Labute approximate surface area is 354 Å². The lowest BCUT2D eigenvalue weighted by atomic mass is 10.0. The van der Waals surface area contributed by atoms with Crippen LogP contribution in [0.25, 0.3) is 0 Å². The Hall–Kier alpha value is -2.55. The van der Waals surface area contributed by atoms with E-state index in [0.717, 1.165) is 57.8 Å². The molecule has 58 heavy (non-hydrogen) atoms. The lowest BCUT2D eigenvalue weighted by Gasteiger charge is -2.19. The third-order valence-electron chi connectivity index (χ3n) is 9.35. The van der Waals surface area contributed by atoms with Crippen LogP contribution >= 0.6 is 7.82 Å². The van der Waals surface area contributed by atoms with Crippen LogP contribution < -0.4 is 5.32 Å². The summed E-state index contributed by atoms with van der Waals surface area (Å²) >= 11 is 0. The van der Waals surface area contributed by atoms with Crippen molar-refractivity contribution >= 4 is 19.8 Å². The summed E-state index contributed by atoms with van der Waals surface area (Å²) in [5.41, 5.74) is 0. The molecule has 0 heterocycles. The maximum Gasteiger partial charge on any atom is 0.472 e. The Kier molecular flexibility index (Phi) is 42.1. The first-order valence-corrected chi connectivity index (χ1v) is 24.4. The van der Waals surface area contributed by atoms with E-state index in [2.05, 4.69) is 79.9 Å². The SMILES string of the molecule is CC/C=C\C/C=C\C/C=C\C/C=C\C/C=C\C/C=C\CCC(=O)OC(COC(=O)CCCCCCCCCCCCCCCCCCC)COP(=O)(O)OCCNC. The van der Waals surface area contributed by atoms with Crippen molar-refractivity contribution in [1.29, 1.82) is 0 Å². The summed E-state index contributed by atoms with van der Waals surface area (Å²) < 4.78 is 33.1. The van der Waals surface area contributed by atoms with Gasteiger partial charge in [-0.15, -0.1) is 0 Å². The van der Waals surface area contributed by atoms with E-state index in [9.17, 15) is 19.0 Å². The van der Waals surface area contributed by atoms with Crippen LogP contribution in [0.3, 0.4) is 0 Å². The zero-order chi connectivity index (χ0) is 42.5. The average Bonchev–Trinajstić information content (AvgIpc) is 3.21. The third kappa shape index (κ3) is 43.0. The molecule has 334 valence electrons. The summed E-state index contributed by atoms with van der Waals surface area (Å²) in [4.78, 5) is 35.1. The molecule has 0 bridgehead atoms. The fourth-order valence-corrected chi connectivity index (χ4v) is 6.68. The van der Waals surface area contributed by atoms with Crippen LogP contribution in [0.5, 0.6) is 0 Å². The fraction of sp³-hybridized carbons (Fsp3) is 0.708. The van der Waals surface area contributed by atoms with Gasteiger partial charge >= 0.3 is 19.8 Å². The zero-order valence-electron chi connectivity index (χ0n) is 37.0. The predicted octanol–water partition coefficient (Wildman–Crippen LogP) is 13.3. The van der Waals surface area contributed by atoms with Gasteiger partial charge in [-0.2, -0.15) is 0 Å². The number of carbonyl (C=O) groups is 2. The van der Waals surface area contributed by atoms with Gasteiger partial charge in [0.25, 0.3) is 0 Å². The van der Waals surface area contributed by atoms with Crippen LogP contribution in [0, 0.1) is 0 Å². The Morgan fingerprint density at radius 2 is 0.983 bits per heavy atom. The minimum Gasteiger partial charge on any atom is -0.462 e. The molecule has 0 rings (SSSR count). The molecule has 0 aliphatic heterocycles. The topological polar surface area (TPSA) is 120 Å². The molecule has 0 aliphatic rings. The second-order valence-corrected chi connectivity index (χ2v) is 16.3. The number of unbranched alkanes of at least 4 members (excludes halogenated alkanes) is 16. The molecule has 0 radical (unpaired) electrons. The molecule has 0 aromatic carbocycles. The van der Waals surface area contributed by atoms with E-state index >= 15 is 0 Å². The summed E-state index contributed by atoms with van der Waals surface area (Å²) in [5, 5.41) is 2.82. The quantitative estimate of drug-likeness (QED) is 0.0268. The number of likely N-dealkylation sites (N-methyl/N-ethyl adjacent to an activating group) is 1. The maximum atomic E-state index is 12.6. The number of allylic oxidation sites excluding steroid dienone is 12. The van der Waals surface area contributed by atoms with Crippen molar-refractivity contribution in [3.8, 4) is 0 Å². The van der Waals surface area contributed by atoms with Crippen molar-refractivity contribution in [3.05, 3.63) is 72.9 Å². The Bertz CT molecular complexity index is 1180. The molecule has 0 aliphatic carbocycles. The molecule has 2 N–H and O–H groups in total. The van der Waals surface area contributed by atoms with Crippen molar-refractivity contribution in [1.82, 2.24) is 5.32 Å². The summed E-state index contributed by atoms with van der Waals surface area (Å²) in [6.07, 6.45) is 52.5. The van der Waals surface area contributed by atoms with Crippen molar-refractivity contribution in [2.24, 2.45) is 0 Å². The Morgan fingerprint density at radius 3 is 1.43 bits per heavy atom. The predicted molar refractivity (Wildman–Crippen MR) is 243 cm³/mol. The zero-order valence-corrected chi connectivity index (χ0v) is 37.9. The minimum atomic E-state index is -4.37. The summed E-state index contributed by atoms with van der Waals surface area (Å²) in [5.74, 6) is -0.904. The number of nitrogens with one attached hydrogen (secondary N) is 1. The third-order valence-corrected chi connectivity index (χ3v) is 10.3. The van der Waals surface area contributed by atoms with Gasteiger partial charge in [-0.3, -0.25) is 18.6 Å². The van der Waals surface area contributed by atoms with Crippen LogP contribution in [-0.2, 0) is 32.7 Å². The van der Waals surface area contributed by atoms with Gasteiger partial charge in [-0.1, -0.05) is 189 Å². The first kappa shape index (κ1) is 55.5. The molecule has 0 amide bonds. The first-order chi connectivity index (χ1) is 28.3. The highest BCUT2D eigenvalue weighted by Crippen LogP contribution is 2.43. The van der Waals surface area contributed by atoms with Crippen molar-refractivity contribution < 1.29 is 37.6 Å². The van der Waals surface area contributed by atoms with Crippen molar-refractivity contribution in [2.45, 2.75) is 187 Å². The molecule has 9 nitrogen and oxygen atoms in total. The molecule has 0 fully saturated rings. The molecule has 10 heteroatoms. The number of carbonyl (C=O) groups excluding carboxylic acids is 2. The molecule has 0 spiro atoms. The highest BCUT2D eigenvalue weighted by Gasteiger charge is 2.26. The van der Waals surface area contributed by atoms with E-state index in [1.54, 1.807) is 7.05 Å². The van der Waals surface area contributed by atoms with Gasteiger partial charge in [0.2, 0.25) is 0 Å². The number of hydrogen-bond acceptors (Lipinski definition) is 8. The van der Waals surface area contributed by atoms with Gasteiger partial charge < -0.3 is 19.7 Å². The molecule has 0 saturated heterocycles. The molecular weight excluding hydrogens is 750 g/mol. The smallest absolute Gasteiger partial charge is 0.462 e. The summed E-state index contributed by atoms with van der Waals surface area (Å²) in [7, 11) is -2.68. The summed E-state index contributed by atoms with van der Waals surface area (Å²) in [6.45, 7) is 4.03. The van der Waals surface area contributed by atoms with Crippen LogP contribution in [-0.4, -0.2) is 56.3 Å². The Morgan fingerprint density at radius 1 is 0.552 bits per heavy atom. The van der Waals surface area contributed by atoms with Gasteiger partial charge in [-0.25, -0.2) is 4.57 Å². The van der Waals surface area contributed by atoms with E-state index in [1.807, 2.05) is 12.2 Å². The highest BCUT2D eigenvalue weighted by molar-refractivity contribution is 7.47. The van der Waals surface area contributed by atoms with E-state index in [1.165, 1.54) is 89.9 Å². The summed E-state index contributed by atoms with van der Waals surface area (Å²) in [6, 6.07) is 0. The number of hydrogen-bond donors (Lipinski definition) is 2. The van der Waals surface area contributed by atoms with Gasteiger partial charge in [0.15, 0.2) is 6.10 Å². The van der Waals surface area contributed by atoms with Gasteiger partial charge in [-0.05, 0) is 58.4 Å². The second-order valence-electron chi connectivity index (χ2n) is 14.9. The lowest BCUT2D eigenvalue weighted by molar-refractivity contribution is -0.161. The molecule has 0 aromatic heterocycles. The monoisotopic (exact) mass is 834 g/mol. The van der Waals surface area contributed by atoms with Crippen LogP contribution in [0.1, 0.15) is 181 Å². The average molecular weight is 834 g/mol. The number of phosphoric ester groups is 1. The largest absolute Gasteiger partial charge is 0.472 e. The van der Waals surface area contributed by atoms with E-state index < -0.39 is 32.5 Å². The second kappa shape index (κ2) is 44.0. The van der Waals surface area contributed by atoms with E-state index in [-0.39, 0.29) is 26.1 Å². The minimum absolute atomic E-state index is 0.0327. The van der Waals surface area contributed by atoms with Gasteiger partial charge in [0, 0.05) is 19.4 Å². The number of esters is 2. The normalized spacial score (nSPS) is 13.9. The van der Waals surface area contributed by atoms with Crippen LogP contribution in [0.15, 0.2) is 72.9 Å². The first-order valence-electron chi connectivity index (χ1n) is 22.9. The fourth-order valence-electron chi connectivity index (χ4n) is 5.93. The van der Waals surface area contributed by atoms with Gasteiger partial charge in [0.05, 0.1) is 13.2 Å². The van der Waals surface area contributed by atoms with E-state index in [0.29, 0.717) is 13.0 Å². The molecule has 0 saturated carbocycles.